The number of carbonyl (C=O) groups is 3. The molecule has 0 radical (unpaired) electrons. The number of benzene rings is 2. The molecule has 4 aliphatic carbocycles. The molecule has 4 aliphatic rings. The average molecular weight is 801 g/mol. The summed E-state index contributed by atoms with van der Waals surface area (Å²) in [5, 5.41) is 42.1. The Bertz CT molecular complexity index is 2220. The van der Waals surface area contributed by atoms with Gasteiger partial charge in [0, 0.05) is 24.0 Å². The van der Waals surface area contributed by atoms with Crippen LogP contribution in [0.25, 0.3) is 21.9 Å². The SMILES string of the molecule is C[C@]12CC[C@H](O)CC1=CC[C@@H]1[C@@H]2CC[C@]2(C)C(=O)CC[C@@H]12.O=C([O-])c1cc(=O)c2c(OCC(O)COc3cccc4oc(C(=O)[O-])cc(=O)c34)cccc2o1.[Na+].[Na+]. The minimum absolute atomic E-state index is 0. The molecule has 0 bridgehead atoms. The Morgan fingerprint density at radius 1 is 0.807 bits per heavy atom. The van der Waals surface area contributed by atoms with Gasteiger partial charge in [-0.1, -0.05) is 37.6 Å². The normalized spacial score (nSPS) is 26.1. The van der Waals surface area contributed by atoms with Crippen LogP contribution in [0.4, 0.5) is 0 Å². The first-order valence-electron chi connectivity index (χ1n) is 18.6. The van der Waals surface area contributed by atoms with E-state index in [4.69, 9.17) is 18.3 Å². The Morgan fingerprint density at radius 2 is 1.32 bits per heavy atom. The summed E-state index contributed by atoms with van der Waals surface area (Å²) in [5.41, 5.74) is 0.407. The Morgan fingerprint density at radius 3 is 1.84 bits per heavy atom. The fourth-order valence-electron chi connectivity index (χ4n) is 9.63. The fraction of sp³-hybridized carbons (Fsp3) is 0.452. The summed E-state index contributed by atoms with van der Waals surface area (Å²) in [7, 11) is 0. The molecule has 13 nitrogen and oxygen atoms in total. The van der Waals surface area contributed by atoms with Crippen molar-refractivity contribution in [3.63, 3.8) is 0 Å². The Balaban J connectivity index is 0.000000231. The van der Waals surface area contributed by atoms with Gasteiger partial charge in [0.15, 0.2) is 22.4 Å². The third kappa shape index (κ3) is 8.72. The number of Topliss-reactive ketones (excluding diaryl/α,β-unsaturated/α-hetero) is 1. The largest absolute Gasteiger partial charge is 1.00 e. The Kier molecular flexibility index (Phi) is 14.1. The van der Waals surface area contributed by atoms with E-state index < -0.39 is 40.4 Å². The molecular weight excluding hydrogens is 758 g/mol. The maximum Gasteiger partial charge on any atom is 1.00 e. The zero-order valence-corrected chi connectivity index (χ0v) is 36.5. The van der Waals surface area contributed by atoms with Crippen LogP contribution in [0.15, 0.2) is 78.6 Å². The first kappa shape index (κ1) is 44.8. The van der Waals surface area contributed by atoms with Crippen LogP contribution >= 0.6 is 0 Å². The van der Waals surface area contributed by atoms with Crippen molar-refractivity contribution in [2.75, 3.05) is 13.2 Å². The number of fused-ring (bicyclic) bond motifs is 7. The molecular formula is C42H42Na2O13. The fourth-order valence-corrected chi connectivity index (χ4v) is 9.63. The third-order valence-electron chi connectivity index (χ3n) is 12.5. The van der Waals surface area contributed by atoms with E-state index in [1.807, 2.05) is 0 Å². The molecule has 15 heteroatoms. The van der Waals surface area contributed by atoms with Gasteiger partial charge in [0.2, 0.25) is 0 Å². The maximum absolute atomic E-state index is 12.4. The summed E-state index contributed by atoms with van der Waals surface area (Å²) in [6.45, 7) is 4.04. The van der Waals surface area contributed by atoms with Crippen molar-refractivity contribution >= 4 is 39.7 Å². The standard InChI is InChI=1S/C23H16O11.C19H28O2.2Na/c24-11(9-31-14-3-1-5-16-20(14)12(25)7-18(33-16)22(27)28)10-32-15-4-2-6-17-21(15)13(26)8-19(34-17)23(29)30;1-18-9-7-13(20)11-12(18)3-4-14-15-5-6-17(21)19(15,2)10-8-16(14)18;;/h1-8,11,24H,9-10H2,(H,27,28)(H,29,30);3,13-16,20H,4-11H2,1-2H3;;/q;;2*+1/p-2/t;13-,14-,15-,16-,18-,19-;;/m.0../s1. The molecule has 2 N–H and O–H groups in total. The average Bonchev–Trinajstić information content (AvgIpc) is 3.46. The summed E-state index contributed by atoms with van der Waals surface area (Å²) in [5.74, 6) is -1.84. The molecule has 0 aliphatic heterocycles. The van der Waals surface area contributed by atoms with E-state index in [0.717, 1.165) is 63.0 Å². The van der Waals surface area contributed by atoms with Crippen molar-refractivity contribution in [1.29, 1.82) is 0 Å². The molecule has 6 atom stereocenters. The van der Waals surface area contributed by atoms with Gasteiger partial charge in [0.25, 0.3) is 0 Å². The molecule has 57 heavy (non-hydrogen) atoms. The number of aliphatic hydroxyl groups is 2. The van der Waals surface area contributed by atoms with Crippen LogP contribution in [-0.4, -0.2) is 53.4 Å². The van der Waals surface area contributed by atoms with E-state index in [-0.39, 0.29) is 117 Å². The van der Waals surface area contributed by atoms with Crippen LogP contribution in [0.2, 0.25) is 0 Å². The van der Waals surface area contributed by atoms with Crippen LogP contribution in [0, 0.1) is 28.6 Å². The van der Waals surface area contributed by atoms with E-state index in [2.05, 4.69) is 19.9 Å². The zero-order valence-electron chi connectivity index (χ0n) is 32.5. The molecule has 0 spiro atoms. The van der Waals surface area contributed by atoms with Crippen molar-refractivity contribution < 1.29 is 112 Å². The third-order valence-corrected chi connectivity index (χ3v) is 12.5. The Labute approximate surface area is 372 Å². The Hall–Kier alpha value is -3.27. The van der Waals surface area contributed by atoms with Crippen molar-refractivity contribution in [1.82, 2.24) is 0 Å². The van der Waals surface area contributed by atoms with E-state index in [0.29, 0.717) is 23.0 Å². The molecule has 2 aromatic carbocycles. The number of carboxylic acid groups (broad SMARTS) is 2. The van der Waals surface area contributed by atoms with Crippen LogP contribution in [0.3, 0.4) is 0 Å². The van der Waals surface area contributed by atoms with Gasteiger partial charge in [-0.2, -0.15) is 0 Å². The minimum Gasteiger partial charge on any atom is -0.542 e. The molecule has 0 saturated heterocycles. The summed E-state index contributed by atoms with van der Waals surface area (Å²) in [4.78, 5) is 58.9. The number of allylic oxidation sites excluding steroid dienone is 1. The molecule has 0 amide bonds. The zero-order chi connectivity index (χ0) is 39.2. The molecule has 3 fully saturated rings. The number of rotatable bonds is 8. The summed E-state index contributed by atoms with van der Waals surface area (Å²) >= 11 is 0. The van der Waals surface area contributed by atoms with Gasteiger partial charge >= 0.3 is 59.1 Å². The van der Waals surface area contributed by atoms with Gasteiger partial charge in [0.1, 0.15) is 70.5 Å². The van der Waals surface area contributed by atoms with Crippen molar-refractivity contribution in [3.05, 3.63) is 92.1 Å². The predicted octanol–water partition coefficient (Wildman–Crippen LogP) is -2.67. The summed E-state index contributed by atoms with van der Waals surface area (Å²) < 4.78 is 21.2. The van der Waals surface area contributed by atoms with Crippen molar-refractivity contribution in [2.24, 2.45) is 28.6 Å². The molecule has 3 saturated carbocycles. The summed E-state index contributed by atoms with van der Waals surface area (Å²) in [6, 6.07) is 10.1. The second-order valence-electron chi connectivity index (χ2n) is 15.6. The number of hydrogen-bond donors (Lipinski definition) is 2. The van der Waals surface area contributed by atoms with Crippen molar-refractivity contribution in [2.45, 2.75) is 77.4 Å². The maximum atomic E-state index is 12.4. The number of carbonyl (C=O) groups excluding carboxylic acids is 3. The van der Waals surface area contributed by atoms with Gasteiger partial charge in [-0.3, -0.25) is 14.4 Å². The van der Waals surface area contributed by atoms with Gasteiger partial charge in [-0.15, -0.1) is 0 Å². The van der Waals surface area contributed by atoms with E-state index >= 15 is 0 Å². The molecule has 0 unspecified atom stereocenters. The molecule has 4 aromatic rings. The first-order valence-corrected chi connectivity index (χ1v) is 18.6. The van der Waals surface area contributed by atoms with Crippen LogP contribution in [-0.2, 0) is 4.79 Å². The number of hydrogen-bond acceptors (Lipinski definition) is 13. The number of aliphatic hydroxyl groups excluding tert-OH is 2. The molecule has 290 valence electrons. The van der Waals surface area contributed by atoms with Gasteiger partial charge in [0.05, 0.1) is 6.10 Å². The molecule has 8 rings (SSSR count). The monoisotopic (exact) mass is 800 g/mol. The van der Waals surface area contributed by atoms with Crippen molar-refractivity contribution in [3.8, 4) is 11.5 Å². The summed E-state index contributed by atoms with van der Waals surface area (Å²) in [6.07, 6.45) is 9.49. The van der Waals surface area contributed by atoms with Crippen LogP contribution < -0.4 is 89.7 Å². The smallest absolute Gasteiger partial charge is 0.542 e. The van der Waals surface area contributed by atoms with Gasteiger partial charge in [-0.25, -0.2) is 0 Å². The van der Waals surface area contributed by atoms with Gasteiger partial charge < -0.3 is 48.3 Å². The quantitative estimate of drug-likeness (QED) is 0.138. The number of ketones is 1. The number of aromatic carboxylic acids is 2. The first-order chi connectivity index (χ1) is 26.2. The van der Waals surface area contributed by atoms with Crippen LogP contribution in [0.1, 0.15) is 86.3 Å². The number of carboxylic acids is 2. The predicted molar refractivity (Wildman–Crippen MR) is 193 cm³/mol. The minimum atomic E-state index is -1.64. The van der Waals surface area contributed by atoms with E-state index in [9.17, 15) is 44.4 Å². The second-order valence-corrected chi connectivity index (χ2v) is 15.6. The van der Waals surface area contributed by atoms with E-state index in [1.54, 1.807) is 0 Å². The van der Waals surface area contributed by atoms with Gasteiger partial charge in [-0.05, 0) is 92.4 Å². The molecule has 2 aromatic heterocycles. The molecule has 2 heterocycles. The topological polar surface area (TPSA) is 217 Å². The van der Waals surface area contributed by atoms with Crippen LogP contribution in [0.5, 0.6) is 11.5 Å². The van der Waals surface area contributed by atoms with E-state index in [1.165, 1.54) is 48.4 Å². The number of ether oxygens (including phenoxy) is 2. The second kappa shape index (κ2) is 17.9.